The van der Waals surface area contributed by atoms with Crippen LogP contribution in [0.2, 0.25) is 0 Å². The highest BCUT2D eigenvalue weighted by molar-refractivity contribution is 9.10. The molecule has 3 aromatic rings. The summed E-state index contributed by atoms with van der Waals surface area (Å²) in [5, 5.41) is 10.9. The van der Waals surface area contributed by atoms with Crippen LogP contribution >= 0.6 is 15.9 Å². The number of benzene rings is 2. The number of ether oxygens (including phenoxy) is 1. The maximum absolute atomic E-state index is 12.4. The molecule has 0 aliphatic rings. The van der Waals surface area contributed by atoms with E-state index in [4.69, 9.17) is 0 Å². The van der Waals surface area contributed by atoms with Gasteiger partial charge in [0.1, 0.15) is 17.3 Å². The predicted octanol–water partition coefficient (Wildman–Crippen LogP) is 6.20. The Balaban J connectivity index is 2.17. The fourth-order valence-electron chi connectivity index (χ4n) is 2.90. The van der Waals surface area contributed by atoms with Gasteiger partial charge in [0.15, 0.2) is 0 Å². The Morgan fingerprint density at radius 3 is 2.41 bits per heavy atom. The van der Waals surface area contributed by atoms with Gasteiger partial charge in [0.05, 0.1) is 16.6 Å². The number of aromatic nitrogens is 2. The predicted molar refractivity (Wildman–Crippen MR) is 101 cm³/mol. The van der Waals surface area contributed by atoms with Gasteiger partial charge < -0.3 is 14.8 Å². The summed E-state index contributed by atoms with van der Waals surface area (Å²) in [6, 6.07) is 5.75. The number of phenolic OH excluding ortho intramolecular Hbond substituents is 1. The first-order valence-electron chi connectivity index (χ1n) is 8.15. The summed E-state index contributed by atoms with van der Waals surface area (Å²) in [5.74, 6) is 0.114. The topological polar surface area (TPSA) is 58.1 Å². The standard InChI is InChI=1S/C19H18BrF3N2O2/c1-9-12(20)8-11(18(2,3)4)16(26)15(9)17-24-13-6-5-10(7-14(13)25-17)27-19(21,22)23/h5-8,26H,1-4H3,(H,24,25). The highest BCUT2D eigenvalue weighted by atomic mass is 79.9. The summed E-state index contributed by atoms with van der Waals surface area (Å²) in [4.78, 5) is 7.44. The van der Waals surface area contributed by atoms with Crippen LogP contribution in [0.1, 0.15) is 31.9 Å². The van der Waals surface area contributed by atoms with Crippen molar-refractivity contribution in [1.29, 1.82) is 0 Å². The number of halogens is 4. The molecule has 0 saturated heterocycles. The highest BCUT2D eigenvalue weighted by Gasteiger charge is 2.31. The molecule has 0 radical (unpaired) electrons. The molecule has 1 heterocycles. The summed E-state index contributed by atoms with van der Waals surface area (Å²) >= 11 is 3.51. The van der Waals surface area contributed by atoms with Crippen molar-refractivity contribution < 1.29 is 23.0 Å². The molecule has 0 amide bonds. The second-order valence-corrected chi connectivity index (χ2v) is 8.17. The summed E-state index contributed by atoms with van der Waals surface area (Å²) in [6.45, 7) is 7.77. The lowest BCUT2D eigenvalue weighted by Gasteiger charge is -2.23. The Morgan fingerprint density at radius 2 is 1.81 bits per heavy atom. The Labute approximate surface area is 162 Å². The molecule has 4 nitrogen and oxygen atoms in total. The molecular weight excluding hydrogens is 425 g/mol. The lowest BCUT2D eigenvalue weighted by Crippen LogP contribution is -2.16. The van der Waals surface area contributed by atoms with Gasteiger partial charge in [-0.25, -0.2) is 4.98 Å². The number of hydrogen-bond donors (Lipinski definition) is 2. The first-order chi connectivity index (χ1) is 12.4. The molecule has 8 heteroatoms. The number of alkyl halides is 3. The second-order valence-electron chi connectivity index (χ2n) is 7.32. The molecule has 3 rings (SSSR count). The maximum atomic E-state index is 12.4. The zero-order valence-electron chi connectivity index (χ0n) is 15.1. The maximum Gasteiger partial charge on any atom is 0.573 e. The number of hydrogen-bond acceptors (Lipinski definition) is 3. The monoisotopic (exact) mass is 442 g/mol. The highest BCUT2D eigenvalue weighted by Crippen LogP contribution is 2.43. The summed E-state index contributed by atoms with van der Waals surface area (Å²) < 4.78 is 42.0. The van der Waals surface area contributed by atoms with E-state index < -0.39 is 6.36 Å². The van der Waals surface area contributed by atoms with E-state index >= 15 is 0 Å². The lowest BCUT2D eigenvalue weighted by molar-refractivity contribution is -0.274. The van der Waals surface area contributed by atoms with E-state index in [-0.39, 0.29) is 16.9 Å². The minimum atomic E-state index is -4.77. The molecule has 0 saturated carbocycles. The minimum Gasteiger partial charge on any atom is -0.507 e. The van der Waals surface area contributed by atoms with Crippen molar-refractivity contribution in [3.8, 4) is 22.9 Å². The summed E-state index contributed by atoms with van der Waals surface area (Å²) in [7, 11) is 0. The SMILES string of the molecule is Cc1c(Br)cc(C(C)(C)C)c(O)c1-c1nc2cc(OC(F)(F)F)ccc2[nH]1. The average Bonchev–Trinajstić information content (AvgIpc) is 2.91. The number of nitrogens with zero attached hydrogens (tertiary/aromatic N) is 1. The normalized spacial score (nSPS) is 12.6. The zero-order valence-corrected chi connectivity index (χ0v) is 16.7. The Hall–Kier alpha value is -2.22. The quantitative estimate of drug-likeness (QED) is 0.496. The van der Waals surface area contributed by atoms with Crippen molar-refractivity contribution >= 4 is 27.0 Å². The van der Waals surface area contributed by atoms with E-state index in [0.29, 0.717) is 22.4 Å². The van der Waals surface area contributed by atoms with E-state index in [1.54, 1.807) is 0 Å². The third-order valence-electron chi connectivity index (χ3n) is 4.23. The molecule has 0 aliphatic carbocycles. The third kappa shape index (κ3) is 3.90. The van der Waals surface area contributed by atoms with Crippen molar-refractivity contribution in [3.05, 3.63) is 39.9 Å². The molecule has 144 valence electrons. The molecule has 0 spiro atoms. The number of aromatic amines is 1. The van der Waals surface area contributed by atoms with E-state index in [1.807, 2.05) is 33.8 Å². The van der Waals surface area contributed by atoms with Gasteiger partial charge in [0, 0.05) is 16.1 Å². The number of nitrogens with one attached hydrogen (secondary N) is 1. The van der Waals surface area contributed by atoms with Crippen LogP contribution in [0.25, 0.3) is 22.4 Å². The molecule has 0 atom stereocenters. The van der Waals surface area contributed by atoms with Gasteiger partial charge in [-0.1, -0.05) is 36.7 Å². The second kappa shape index (κ2) is 6.44. The van der Waals surface area contributed by atoms with Crippen molar-refractivity contribution in [2.75, 3.05) is 0 Å². The Morgan fingerprint density at radius 1 is 1.15 bits per heavy atom. The van der Waals surface area contributed by atoms with E-state index in [0.717, 1.165) is 15.6 Å². The van der Waals surface area contributed by atoms with Gasteiger partial charge >= 0.3 is 6.36 Å². The molecule has 1 aromatic heterocycles. The van der Waals surface area contributed by atoms with E-state index in [1.165, 1.54) is 18.2 Å². The summed E-state index contributed by atoms with van der Waals surface area (Å²) in [6.07, 6.45) is -4.77. The van der Waals surface area contributed by atoms with Crippen molar-refractivity contribution in [3.63, 3.8) is 0 Å². The van der Waals surface area contributed by atoms with Crippen molar-refractivity contribution in [1.82, 2.24) is 9.97 Å². The van der Waals surface area contributed by atoms with Gasteiger partial charge in [0.2, 0.25) is 0 Å². The van der Waals surface area contributed by atoms with Crippen LogP contribution in [-0.4, -0.2) is 21.4 Å². The zero-order chi connectivity index (χ0) is 20.1. The molecule has 0 unspecified atom stereocenters. The molecule has 2 aromatic carbocycles. The lowest BCUT2D eigenvalue weighted by atomic mass is 9.84. The van der Waals surface area contributed by atoms with Gasteiger partial charge in [-0.3, -0.25) is 0 Å². The van der Waals surface area contributed by atoms with Crippen LogP contribution in [0.4, 0.5) is 13.2 Å². The van der Waals surface area contributed by atoms with Gasteiger partial charge in [-0.2, -0.15) is 0 Å². The Bertz CT molecular complexity index is 1020. The number of rotatable bonds is 2. The molecule has 0 bridgehead atoms. The van der Waals surface area contributed by atoms with Crippen molar-refractivity contribution in [2.24, 2.45) is 0 Å². The summed E-state index contributed by atoms with van der Waals surface area (Å²) in [5.41, 5.74) is 2.54. The van der Waals surface area contributed by atoms with Crippen LogP contribution in [0.15, 0.2) is 28.7 Å². The first-order valence-corrected chi connectivity index (χ1v) is 8.94. The van der Waals surface area contributed by atoms with Crippen LogP contribution in [0, 0.1) is 6.92 Å². The smallest absolute Gasteiger partial charge is 0.507 e. The van der Waals surface area contributed by atoms with Gasteiger partial charge in [-0.05, 0) is 36.1 Å². The van der Waals surface area contributed by atoms with Gasteiger partial charge in [0.25, 0.3) is 0 Å². The van der Waals surface area contributed by atoms with Crippen LogP contribution in [0.5, 0.6) is 11.5 Å². The van der Waals surface area contributed by atoms with Crippen LogP contribution < -0.4 is 4.74 Å². The van der Waals surface area contributed by atoms with E-state index in [9.17, 15) is 18.3 Å². The van der Waals surface area contributed by atoms with Crippen LogP contribution in [-0.2, 0) is 5.41 Å². The number of fused-ring (bicyclic) bond motifs is 1. The number of imidazole rings is 1. The van der Waals surface area contributed by atoms with Crippen LogP contribution in [0.3, 0.4) is 0 Å². The number of H-pyrrole nitrogens is 1. The molecule has 0 fully saturated rings. The molecule has 27 heavy (non-hydrogen) atoms. The third-order valence-corrected chi connectivity index (χ3v) is 5.05. The first kappa shape index (κ1) is 19.5. The Kier molecular flexibility index (Phi) is 4.66. The van der Waals surface area contributed by atoms with E-state index in [2.05, 4.69) is 30.6 Å². The largest absolute Gasteiger partial charge is 0.573 e. The molecule has 0 aliphatic heterocycles. The fraction of sp³-hybridized carbons (Fsp3) is 0.316. The molecule has 2 N–H and O–H groups in total. The number of phenols is 1. The fourth-order valence-corrected chi connectivity index (χ4v) is 3.32. The average molecular weight is 443 g/mol. The minimum absolute atomic E-state index is 0.0917. The molecular formula is C19H18BrF3N2O2. The van der Waals surface area contributed by atoms with Crippen molar-refractivity contribution in [2.45, 2.75) is 39.5 Å². The van der Waals surface area contributed by atoms with Gasteiger partial charge in [-0.15, -0.1) is 13.2 Å². The number of aromatic hydroxyl groups is 1.